The third-order valence-corrected chi connectivity index (χ3v) is 3.08. The van der Waals surface area contributed by atoms with E-state index in [1.54, 1.807) is 0 Å². The number of nitrogens with zero attached hydrogens (tertiary/aromatic N) is 1. The topological polar surface area (TPSA) is 46.3 Å². The molecule has 1 atom stereocenters. The molecule has 2 aliphatic rings. The summed E-state index contributed by atoms with van der Waals surface area (Å²) in [5.41, 5.74) is 5.47. The highest BCUT2D eigenvalue weighted by molar-refractivity contribution is 5.87. The van der Waals surface area contributed by atoms with Gasteiger partial charge in [0.25, 0.3) is 0 Å². The van der Waals surface area contributed by atoms with E-state index in [1.165, 1.54) is 25.7 Å². The molecule has 3 heteroatoms. The van der Waals surface area contributed by atoms with Gasteiger partial charge in [0, 0.05) is 13.1 Å². The molecule has 12 heavy (non-hydrogen) atoms. The molecule has 0 aromatic heterocycles. The van der Waals surface area contributed by atoms with Crippen molar-refractivity contribution in [2.45, 2.75) is 31.7 Å². The van der Waals surface area contributed by atoms with Crippen LogP contribution in [0.4, 0.5) is 0 Å². The van der Waals surface area contributed by atoms with E-state index in [-0.39, 0.29) is 11.9 Å². The molecule has 68 valence electrons. The molecule has 1 aliphatic heterocycles. The molecule has 1 amide bonds. The lowest BCUT2D eigenvalue weighted by Gasteiger charge is -2.38. The zero-order chi connectivity index (χ0) is 8.55. The summed E-state index contributed by atoms with van der Waals surface area (Å²) in [6, 6.07) is -0.189. The zero-order valence-corrected chi connectivity index (χ0v) is 7.33. The van der Waals surface area contributed by atoms with Gasteiger partial charge in [-0.15, -0.1) is 0 Å². The van der Waals surface area contributed by atoms with Crippen molar-refractivity contribution in [2.75, 3.05) is 13.1 Å². The summed E-state index contributed by atoms with van der Waals surface area (Å²) in [6.45, 7) is 1.72. The summed E-state index contributed by atoms with van der Waals surface area (Å²) in [5, 5.41) is 0. The van der Waals surface area contributed by atoms with E-state index < -0.39 is 0 Å². The highest BCUT2D eigenvalue weighted by Gasteiger charge is 2.33. The first-order valence-corrected chi connectivity index (χ1v) is 4.82. The van der Waals surface area contributed by atoms with E-state index in [9.17, 15) is 4.79 Å². The summed E-state index contributed by atoms with van der Waals surface area (Å²) in [4.78, 5) is 13.0. The van der Waals surface area contributed by atoms with Crippen molar-refractivity contribution in [2.24, 2.45) is 11.7 Å². The van der Waals surface area contributed by atoms with Gasteiger partial charge in [0.05, 0.1) is 0 Å². The van der Waals surface area contributed by atoms with Crippen LogP contribution in [0.25, 0.3) is 0 Å². The normalized spacial score (nSPS) is 29.9. The molecule has 0 radical (unpaired) electrons. The fraction of sp³-hybridized carbons (Fsp3) is 0.889. The Morgan fingerprint density at radius 2 is 2.25 bits per heavy atom. The number of carbonyl (C=O) groups excluding carboxylic acids is 1. The average molecular weight is 168 g/mol. The second kappa shape index (κ2) is 3.05. The number of likely N-dealkylation sites (tertiary alicyclic amines) is 1. The summed E-state index contributed by atoms with van der Waals surface area (Å²) in [6.07, 6.45) is 5.32. The van der Waals surface area contributed by atoms with E-state index in [0.717, 1.165) is 19.0 Å². The minimum absolute atomic E-state index is 0.148. The molecular weight excluding hydrogens is 152 g/mol. The van der Waals surface area contributed by atoms with Crippen molar-refractivity contribution in [3.63, 3.8) is 0 Å². The third-order valence-electron chi connectivity index (χ3n) is 3.08. The first-order chi connectivity index (χ1) is 5.77. The number of β-lactam (4-membered cyclic amide) rings is 1. The minimum atomic E-state index is -0.189. The number of hydrogen-bond acceptors (Lipinski definition) is 2. The summed E-state index contributed by atoms with van der Waals surface area (Å²) < 4.78 is 0. The molecule has 1 heterocycles. The molecule has 1 unspecified atom stereocenters. The maximum atomic E-state index is 11.1. The van der Waals surface area contributed by atoms with Gasteiger partial charge in [-0.2, -0.15) is 0 Å². The van der Waals surface area contributed by atoms with Crippen LogP contribution in [0.1, 0.15) is 25.7 Å². The van der Waals surface area contributed by atoms with Crippen LogP contribution in [-0.4, -0.2) is 29.9 Å². The Balaban J connectivity index is 1.64. The highest BCUT2D eigenvalue weighted by atomic mass is 16.2. The van der Waals surface area contributed by atoms with Gasteiger partial charge in [0.2, 0.25) is 5.91 Å². The van der Waals surface area contributed by atoms with Gasteiger partial charge in [-0.25, -0.2) is 0 Å². The molecule has 2 N–H and O–H groups in total. The van der Waals surface area contributed by atoms with E-state index in [2.05, 4.69) is 0 Å². The lowest BCUT2D eigenvalue weighted by Crippen LogP contribution is -2.61. The van der Waals surface area contributed by atoms with Gasteiger partial charge in [-0.3, -0.25) is 4.79 Å². The number of rotatable bonds is 3. The Hall–Kier alpha value is -0.570. The predicted molar refractivity (Wildman–Crippen MR) is 46.5 cm³/mol. The monoisotopic (exact) mass is 168 g/mol. The molecule has 1 saturated heterocycles. The second-order valence-electron chi connectivity index (χ2n) is 3.98. The van der Waals surface area contributed by atoms with Crippen molar-refractivity contribution in [1.82, 2.24) is 4.90 Å². The molecule has 1 saturated carbocycles. The zero-order valence-electron chi connectivity index (χ0n) is 7.33. The standard InChI is InChI=1S/C9H16N2O/c10-8-6-11(9(8)12)5-4-7-2-1-3-7/h7-8H,1-6,10H2. The van der Waals surface area contributed by atoms with E-state index in [1.807, 2.05) is 4.90 Å². The lowest BCUT2D eigenvalue weighted by molar-refractivity contribution is -0.142. The van der Waals surface area contributed by atoms with E-state index in [4.69, 9.17) is 5.73 Å². The van der Waals surface area contributed by atoms with Crippen LogP contribution in [0.15, 0.2) is 0 Å². The van der Waals surface area contributed by atoms with Crippen molar-refractivity contribution in [3.05, 3.63) is 0 Å². The first-order valence-electron chi connectivity index (χ1n) is 4.82. The van der Waals surface area contributed by atoms with Crippen molar-refractivity contribution in [3.8, 4) is 0 Å². The maximum absolute atomic E-state index is 11.1. The Bertz CT molecular complexity index is 189. The second-order valence-corrected chi connectivity index (χ2v) is 3.98. The smallest absolute Gasteiger partial charge is 0.241 e. The fourth-order valence-corrected chi connectivity index (χ4v) is 1.85. The van der Waals surface area contributed by atoms with Crippen LogP contribution in [-0.2, 0) is 4.79 Å². The number of carbonyl (C=O) groups is 1. The first kappa shape index (κ1) is 8.05. The minimum Gasteiger partial charge on any atom is -0.339 e. The lowest BCUT2D eigenvalue weighted by atomic mass is 9.82. The van der Waals surface area contributed by atoms with Gasteiger partial charge in [0.1, 0.15) is 6.04 Å². The predicted octanol–water partition coefficient (Wildman–Crippen LogP) is 0.346. The van der Waals surface area contributed by atoms with Gasteiger partial charge in [-0.1, -0.05) is 19.3 Å². The summed E-state index contributed by atoms with van der Waals surface area (Å²) in [5.74, 6) is 1.05. The molecule has 0 aromatic carbocycles. The summed E-state index contributed by atoms with van der Waals surface area (Å²) in [7, 11) is 0. The molecule has 0 aromatic rings. The Morgan fingerprint density at radius 1 is 1.50 bits per heavy atom. The molecule has 0 bridgehead atoms. The Kier molecular flexibility index (Phi) is 2.05. The molecule has 2 fully saturated rings. The van der Waals surface area contributed by atoms with E-state index >= 15 is 0 Å². The van der Waals surface area contributed by atoms with Crippen molar-refractivity contribution >= 4 is 5.91 Å². The SMILES string of the molecule is NC1CN(CCC2CCC2)C1=O. The molecule has 2 rings (SSSR count). The number of nitrogens with two attached hydrogens (primary N) is 1. The average Bonchev–Trinajstić information content (AvgIpc) is 1.99. The number of hydrogen-bond donors (Lipinski definition) is 1. The van der Waals surface area contributed by atoms with Crippen LogP contribution in [0.3, 0.4) is 0 Å². The summed E-state index contributed by atoms with van der Waals surface area (Å²) >= 11 is 0. The Morgan fingerprint density at radius 3 is 2.67 bits per heavy atom. The number of amides is 1. The Labute approximate surface area is 72.9 Å². The molecular formula is C9H16N2O. The largest absolute Gasteiger partial charge is 0.339 e. The van der Waals surface area contributed by atoms with Gasteiger partial charge in [-0.05, 0) is 12.3 Å². The van der Waals surface area contributed by atoms with Crippen molar-refractivity contribution < 1.29 is 4.79 Å². The molecule has 0 spiro atoms. The van der Waals surface area contributed by atoms with Gasteiger partial charge >= 0.3 is 0 Å². The van der Waals surface area contributed by atoms with Crippen LogP contribution < -0.4 is 5.73 Å². The highest BCUT2D eigenvalue weighted by Crippen LogP contribution is 2.29. The van der Waals surface area contributed by atoms with Crippen LogP contribution >= 0.6 is 0 Å². The quantitative estimate of drug-likeness (QED) is 0.618. The van der Waals surface area contributed by atoms with Crippen LogP contribution in [0, 0.1) is 5.92 Å². The van der Waals surface area contributed by atoms with Crippen LogP contribution in [0.2, 0.25) is 0 Å². The van der Waals surface area contributed by atoms with E-state index in [0.29, 0.717) is 0 Å². The van der Waals surface area contributed by atoms with Gasteiger partial charge < -0.3 is 10.6 Å². The van der Waals surface area contributed by atoms with Crippen molar-refractivity contribution in [1.29, 1.82) is 0 Å². The van der Waals surface area contributed by atoms with Crippen LogP contribution in [0.5, 0.6) is 0 Å². The fourth-order valence-electron chi connectivity index (χ4n) is 1.85. The molecule has 1 aliphatic carbocycles. The third kappa shape index (κ3) is 1.33. The molecule has 3 nitrogen and oxygen atoms in total. The maximum Gasteiger partial charge on any atom is 0.241 e. The van der Waals surface area contributed by atoms with Gasteiger partial charge in [0.15, 0.2) is 0 Å².